The van der Waals surface area contributed by atoms with E-state index in [4.69, 9.17) is 4.74 Å². The Kier molecular flexibility index (Phi) is 5.15. The zero-order valence-corrected chi connectivity index (χ0v) is 16.1. The average Bonchev–Trinajstić information content (AvgIpc) is 2.74. The Labute approximate surface area is 146 Å². The van der Waals surface area contributed by atoms with Crippen LogP contribution in [0.1, 0.15) is 46.5 Å². The zero-order chi connectivity index (χ0) is 17.4. The minimum Gasteiger partial charge on any atom is -0.444 e. The molecule has 0 aliphatic carbocycles. The molecule has 2 N–H and O–H groups in total. The molecule has 0 aromatic carbocycles. The normalized spacial score (nSPS) is 13.3. The Bertz CT molecular complexity index is 776. The van der Waals surface area contributed by atoms with Crippen LogP contribution >= 0.6 is 27.3 Å². The number of alkyl carbamates (subject to hydrolysis) is 1. The van der Waals surface area contributed by atoms with Crippen molar-refractivity contribution in [3.05, 3.63) is 26.0 Å². The van der Waals surface area contributed by atoms with Gasteiger partial charge >= 0.3 is 6.09 Å². The van der Waals surface area contributed by atoms with Gasteiger partial charge in [-0.25, -0.2) is 9.78 Å². The lowest BCUT2D eigenvalue weighted by Crippen LogP contribution is -2.38. The summed E-state index contributed by atoms with van der Waals surface area (Å²) in [7, 11) is 0. The quantitative estimate of drug-likeness (QED) is 0.814. The first kappa shape index (κ1) is 17.9. The van der Waals surface area contributed by atoms with E-state index < -0.39 is 17.7 Å². The highest BCUT2D eigenvalue weighted by molar-refractivity contribution is 9.11. The molecule has 6 nitrogen and oxygen atoms in total. The standard InChI is InChI=1S/C15H20BrN3O3S/c1-7(2)10(18-14(21)22-15(3,4)5)12-17-8-6-9(16)23-11(8)13(20)19-12/h6-7,10H,1-5H3,(H,18,21)(H,17,19,20). The first-order valence-electron chi connectivity index (χ1n) is 7.25. The molecular weight excluding hydrogens is 382 g/mol. The van der Waals surface area contributed by atoms with Crippen molar-refractivity contribution in [1.82, 2.24) is 15.3 Å². The minimum absolute atomic E-state index is 0.0326. The van der Waals surface area contributed by atoms with Gasteiger partial charge in [-0.05, 0) is 48.7 Å². The predicted molar refractivity (Wildman–Crippen MR) is 94.9 cm³/mol. The van der Waals surface area contributed by atoms with Crippen LogP contribution < -0.4 is 10.9 Å². The molecule has 2 heterocycles. The van der Waals surface area contributed by atoms with Crippen LogP contribution in [0.3, 0.4) is 0 Å². The van der Waals surface area contributed by atoms with E-state index in [1.807, 2.05) is 13.8 Å². The fourth-order valence-electron chi connectivity index (χ4n) is 2.06. The van der Waals surface area contributed by atoms with Gasteiger partial charge in [-0.1, -0.05) is 13.8 Å². The number of nitrogens with zero attached hydrogens (tertiary/aromatic N) is 1. The highest BCUT2D eigenvalue weighted by atomic mass is 79.9. The summed E-state index contributed by atoms with van der Waals surface area (Å²) >= 11 is 4.69. The van der Waals surface area contributed by atoms with Crippen molar-refractivity contribution >= 4 is 43.6 Å². The number of halogens is 1. The van der Waals surface area contributed by atoms with Crippen LogP contribution in [-0.2, 0) is 4.74 Å². The van der Waals surface area contributed by atoms with Gasteiger partial charge in [0.1, 0.15) is 16.1 Å². The van der Waals surface area contributed by atoms with Crippen LogP contribution in [0.25, 0.3) is 10.2 Å². The predicted octanol–water partition coefficient (Wildman–Crippen LogP) is 3.97. The van der Waals surface area contributed by atoms with Crippen LogP contribution in [0.15, 0.2) is 14.6 Å². The summed E-state index contributed by atoms with van der Waals surface area (Å²) < 4.78 is 6.68. The molecule has 0 aliphatic rings. The number of hydrogen-bond acceptors (Lipinski definition) is 5. The smallest absolute Gasteiger partial charge is 0.408 e. The molecule has 0 aliphatic heterocycles. The van der Waals surface area contributed by atoms with Gasteiger partial charge in [0.25, 0.3) is 5.56 Å². The van der Waals surface area contributed by atoms with E-state index in [1.165, 1.54) is 11.3 Å². The molecular formula is C15H20BrN3O3S. The Morgan fingerprint density at radius 1 is 1.43 bits per heavy atom. The Hall–Kier alpha value is -1.41. The van der Waals surface area contributed by atoms with Gasteiger partial charge in [-0.3, -0.25) is 4.79 Å². The van der Waals surface area contributed by atoms with Gasteiger partial charge in [0, 0.05) is 0 Å². The van der Waals surface area contributed by atoms with Gasteiger partial charge in [-0.15, -0.1) is 11.3 Å². The van der Waals surface area contributed by atoms with Gasteiger partial charge in [0.15, 0.2) is 0 Å². The third kappa shape index (κ3) is 4.54. The van der Waals surface area contributed by atoms with Gasteiger partial charge < -0.3 is 15.0 Å². The second-order valence-corrected chi connectivity index (χ2v) is 9.02. The summed E-state index contributed by atoms with van der Waals surface area (Å²) in [6.45, 7) is 9.27. The number of aromatic amines is 1. The molecule has 23 heavy (non-hydrogen) atoms. The van der Waals surface area contributed by atoms with Crippen LogP contribution in [0.4, 0.5) is 4.79 Å². The third-order valence-corrected chi connectivity index (χ3v) is 4.63. The lowest BCUT2D eigenvalue weighted by molar-refractivity contribution is 0.0486. The van der Waals surface area contributed by atoms with Crippen LogP contribution in [-0.4, -0.2) is 21.7 Å². The second-order valence-electron chi connectivity index (χ2n) is 6.58. The highest BCUT2D eigenvalue weighted by Gasteiger charge is 2.25. The highest BCUT2D eigenvalue weighted by Crippen LogP contribution is 2.27. The summed E-state index contributed by atoms with van der Waals surface area (Å²) in [5.41, 5.74) is -0.191. The minimum atomic E-state index is -0.589. The molecule has 0 radical (unpaired) electrons. The number of hydrogen-bond donors (Lipinski definition) is 2. The van der Waals surface area contributed by atoms with Crippen molar-refractivity contribution < 1.29 is 9.53 Å². The van der Waals surface area contributed by atoms with Crippen LogP contribution in [0, 0.1) is 5.92 Å². The van der Waals surface area contributed by atoms with Crippen molar-refractivity contribution in [3.63, 3.8) is 0 Å². The number of aromatic nitrogens is 2. The van der Waals surface area contributed by atoms with E-state index in [9.17, 15) is 9.59 Å². The van der Waals surface area contributed by atoms with Crippen molar-refractivity contribution in [2.45, 2.75) is 46.3 Å². The number of amides is 1. The van der Waals surface area contributed by atoms with Crippen LogP contribution in [0.2, 0.25) is 0 Å². The van der Waals surface area contributed by atoms with Gasteiger partial charge in [0.2, 0.25) is 0 Å². The molecule has 1 amide bonds. The number of carbonyl (C=O) groups excluding carboxylic acids is 1. The van der Waals surface area contributed by atoms with E-state index >= 15 is 0 Å². The molecule has 0 saturated heterocycles. The first-order valence-corrected chi connectivity index (χ1v) is 8.86. The van der Waals surface area contributed by atoms with Crippen molar-refractivity contribution in [2.24, 2.45) is 5.92 Å². The maximum absolute atomic E-state index is 12.2. The molecule has 2 aromatic heterocycles. The Morgan fingerprint density at radius 3 is 2.65 bits per heavy atom. The molecule has 2 rings (SSSR count). The van der Waals surface area contributed by atoms with E-state index in [1.54, 1.807) is 26.8 Å². The SMILES string of the molecule is CC(C)C(NC(=O)OC(C)(C)C)c1nc2cc(Br)sc2c(=O)[nH]1. The van der Waals surface area contributed by atoms with E-state index in [0.29, 0.717) is 16.0 Å². The van der Waals surface area contributed by atoms with Crippen molar-refractivity contribution in [2.75, 3.05) is 0 Å². The summed E-state index contributed by atoms with van der Waals surface area (Å²) in [6.07, 6.45) is -0.537. The zero-order valence-electron chi connectivity index (χ0n) is 13.7. The summed E-state index contributed by atoms with van der Waals surface area (Å²) in [6, 6.07) is 1.35. The lowest BCUT2D eigenvalue weighted by atomic mass is 10.0. The fourth-order valence-corrected chi connectivity index (χ4v) is 3.48. The number of fused-ring (bicyclic) bond motifs is 1. The van der Waals surface area contributed by atoms with E-state index in [-0.39, 0.29) is 11.5 Å². The number of nitrogens with one attached hydrogen (secondary N) is 2. The molecule has 2 aromatic rings. The molecule has 0 fully saturated rings. The number of carbonyl (C=O) groups is 1. The number of thiophene rings is 1. The molecule has 0 saturated carbocycles. The molecule has 0 bridgehead atoms. The van der Waals surface area contributed by atoms with Crippen molar-refractivity contribution in [3.8, 4) is 0 Å². The van der Waals surface area contributed by atoms with E-state index in [2.05, 4.69) is 31.2 Å². The first-order chi connectivity index (χ1) is 10.6. The van der Waals surface area contributed by atoms with E-state index in [0.717, 1.165) is 3.79 Å². The molecule has 1 atom stereocenters. The third-order valence-electron chi connectivity index (χ3n) is 3.00. The lowest BCUT2D eigenvalue weighted by Gasteiger charge is -2.25. The Morgan fingerprint density at radius 2 is 2.09 bits per heavy atom. The average molecular weight is 402 g/mol. The number of ether oxygens (including phenoxy) is 1. The second kappa shape index (κ2) is 6.60. The largest absolute Gasteiger partial charge is 0.444 e. The summed E-state index contributed by atoms with van der Waals surface area (Å²) in [5.74, 6) is 0.457. The van der Waals surface area contributed by atoms with Gasteiger partial charge in [-0.2, -0.15) is 0 Å². The van der Waals surface area contributed by atoms with Crippen molar-refractivity contribution in [1.29, 1.82) is 0 Å². The Balaban J connectivity index is 2.34. The summed E-state index contributed by atoms with van der Waals surface area (Å²) in [4.78, 5) is 31.5. The molecule has 0 spiro atoms. The summed E-state index contributed by atoms with van der Waals surface area (Å²) in [5, 5.41) is 2.79. The molecule has 126 valence electrons. The topological polar surface area (TPSA) is 84.1 Å². The fraction of sp³-hybridized carbons (Fsp3) is 0.533. The monoisotopic (exact) mass is 401 g/mol. The maximum atomic E-state index is 12.2. The number of rotatable bonds is 3. The van der Waals surface area contributed by atoms with Crippen LogP contribution in [0.5, 0.6) is 0 Å². The molecule has 8 heteroatoms. The maximum Gasteiger partial charge on any atom is 0.408 e. The number of H-pyrrole nitrogens is 1. The van der Waals surface area contributed by atoms with Gasteiger partial charge in [0.05, 0.1) is 15.3 Å². The molecule has 1 unspecified atom stereocenters.